The first kappa shape index (κ1) is 37.7. The second kappa shape index (κ2) is 19.2. The summed E-state index contributed by atoms with van der Waals surface area (Å²) in [5.41, 5.74) is -2.17. The molecule has 6 heteroatoms. The van der Waals surface area contributed by atoms with Gasteiger partial charge in [0.25, 0.3) is 0 Å². The Bertz CT molecular complexity index is 1280. The van der Waals surface area contributed by atoms with Gasteiger partial charge < -0.3 is 0 Å². The molecule has 0 saturated heterocycles. The summed E-state index contributed by atoms with van der Waals surface area (Å²) in [5, 5.41) is 0. The lowest BCUT2D eigenvalue weighted by Gasteiger charge is -2.29. The molecular weight excluding hydrogens is 594 g/mol. The third-order valence-corrected chi connectivity index (χ3v) is 8.96. The number of rotatable bonds is 20. The van der Waals surface area contributed by atoms with Gasteiger partial charge in [0.2, 0.25) is 0 Å². The first-order valence-electron chi connectivity index (χ1n) is 17.6. The third-order valence-electron chi connectivity index (χ3n) is 8.96. The zero-order valence-electron chi connectivity index (χ0n) is 27.8. The highest BCUT2D eigenvalue weighted by atomic mass is 19.4. The average Bonchev–Trinajstić information content (AvgIpc) is 3.02. The van der Waals surface area contributed by atoms with E-state index >= 15 is 26.3 Å². The van der Waals surface area contributed by atoms with Gasteiger partial charge in [-0.05, 0) is 53.5 Å². The van der Waals surface area contributed by atoms with Crippen LogP contribution in [-0.2, 0) is 25.2 Å². The lowest BCUT2D eigenvalue weighted by atomic mass is 9.78. The van der Waals surface area contributed by atoms with Crippen molar-refractivity contribution in [2.45, 2.75) is 142 Å². The third kappa shape index (κ3) is 11.2. The van der Waals surface area contributed by atoms with Gasteiger partial charge in [-0.3, -0.25) is 0 Å². The smallest absolute Gasteiger partial charge is 0.166 e. The molecule has 0 aromatic heterocycles. The molecule has 0 nitrogen and oxygen atoms in total. The summed E-state index contributed by atoms with van der Waals surface area (Å²) in [5.74, 6) is 0. The molecule has 0 saturated carbocycles. The lowest BCUT2D eigenvalue weighted by molar-refractivity contribution is -0.144. The van der Waals surface area contributed by atoms with Gasteiger partial charge in [0.1, 0.15) is 0 Å². The normalized spacial score (nSPS) is 12.2. The van der Waals surface area contributed by atoms with E-state index in [1.54, 1.807) is 60.7 Å². The fraction of sp³-hybridized carbons (Fsp3) is 0.550. The molecule has 0 N–H and O–H groups in total. The van der Waals surface area contributed by atoms with E-state index in [0.29, 0.717) is 18.4 Å². The Hall–Kier alpha value is -2.76. The van der Waals surface area contributed by atoms with Crippen LogP contribution in [0.15, 0.2) is 60.7 Å². The summed E-state index contributed by atoms with van der Waals surface area (Å²) in [6.07, 6.45) is 4.70. The van der Waals surface area contributed by atoms with E-state index < -0.39 is 29.0 Å². The first-order chi connectivity index (χ1) is 22.1. The Morgan fingerprint density at radius 3 is 1.13 bits per heavy atom. The molecule has 254 valence electrons. The molecule has 3 rings (SSSR count). The van der Waals surface area contributed by atoms with Gasteiger partial charge >= 0.3 is 12.4 Å². The highest BCUT2D eigenvalue weighted by Crippen LogP contribution is 2.52. The van der Waals surface area contributed by atoms with Crippen LogP contribution in [0.3, 0.4) is 0 Å². The van der Waals surface area contributed by atoms with Crippen LogP contribution in [0.1, 0.15) is 139 Å². The van der Waals surface area contributed by atoms with Gasteiger partial charge in [0.15, 0.2) is 0 Å². The van der Waals surface area contributed by atoms with E-state index in [2.05, 4.69) is 13.8 Å². The minimum atomic E-state index is -4.97. The Kier molecular flexibility index (Phi) is 15.7. The monoisotopic (exact) mass is 646 g/mol. The molecule has 0 spiro atoms. The van der Waals surface area contributed by atoms with E-state index in [1.807, 2.05) is 0 Å². The number of halogens is 6. The molecule has 0 amide bonds. The molecule has 0 aliphatic heterocycles. The molecule has 0 aliphatic carbocycles. The van der Waals surface area contributed by atoms with Crippen molar-refractivity contribution in [1.82, 2.24) is 0 Å². The summed E-state index contributed by atoms with van der Waals surface area (Å²) in [6.45, 7) is 4.28. The standard InChI is InChI=1S/C40H52F6/c1-3-5-7-9-11-13-15-23-29-33-35(31-25-19-17-20-26-31)36(32-27-21-18-22-28-32)38(40(44,45)46)34(37(33)39(41,42)43)30-24-16-14-12-10-8-6-4-2/h17-22,25-28H,3-16,23-24,29-30H2,1-2H3. The SMILES string of the molecule is CCCCCCCCCCc1c(-c2ccccc2)c(-c2ccccc2)c(C(F)(F)F)c(CCCCCCCCCC)c1C(F)(F)F. The molecule has 0 unspecified atom stereocenters. The molecular formula is C40H52F6. The number of benzene rings is 3. The zero-order chi connectivity index (χ0) is 33.4. The zero-order valence-corrected chi connectivity index (χ0v) is 27.8. The number of hydrogen-bond acceptors (Lipinski definition) is 0. The van der Waals surface area contributed by atoms with E-state index in [4.69, 9.17) is 0 Å². The lowest BCUT2D eigenvalue weighted by Crippen LogP contribution is -2.22. The predicted molar refractivity (Wildman–Crippen MR) is 180 cm³/mol. The van der Waals surface area contributed by atoms with Crippen LogP contribution in [-0.4, -0.2) is 0 Å². The van der Waals surface area contributed by atoms with Crippen LogP contribution in [0, 0.1) is 0 Å². The van der Waals surface area contributed by atoms with Crippen LogP contribution < -0.4 is 0 Å². The van der Waals surface area contributed by atoms with Crippen molar-refractivity contribution < 1.29 is 26.3 Å². The van der Waals surface area contributed by atoms with Crippen LogP contribution >= 0.6 is 0 Å². The van der Waals surface area contributed by atoms with Crippen molar-refractivity contribution in [3.8, 4) is 22.3 Å². The van der Waals surface area contributed by atoms with Gasteiger partial charge in [-0.1, -0.05) is 164 Å². The summed E-state index contributed by atoms with van der Waals surface area (Å²) < 4.78 is 91.5. The highest BCUT2D eigenvalue weighted by molar-refractivity contribution is 5.90. The largest absolute Gasteiger partial charge is 0.417 e. The maximum absolute atomic E-state index is 15.3. The molecule has 3 aromatic carbocycles. The molecule has 3 aromatic rings. The molecule has 0 fully saturated rings. The van der Waals surface area contributed by atoms with E-state index in [0.717, 1.165) is 77.0 Å². The Morgan fingerprint density at radius 1 is 0.391 bits per heavy atom. The summed E-state index contributed by atoms with van der Waals surface area (Å²) in [6, 6.07) is 16.6. The summed E-state index contributed by atoms with van der Waals surface area (Å²) >= 11 is 0. The van der Waals surface area contributed by atoms with Crippen molar-refractivity contribution in [2.24, 2.45) is 0 Å². The Morgan fingerprint density at radius 2 is 0.739 bits per heavy atom. The van der Waals surface area contributed by atoms with Gasteiger partial charge in [-0.25, -0.2) is 0 Å². The van der Waals surface area contributed by atoms with E-state index in [-0.39, 0.29) is 41.5 Å². The summed E-state index contributed by atoms with van der Waals surface area (Å²) in [7, 11) is 0. The van der Waals surface area contributed by atoms with Crippen molar-refractivity contribution in [3.63, 3.8) is 0 Å². The summed E-state index contributed by atoms with van der Waals surface area (Å²) in [4.78, 5) is 0. The van der Waals surface area contributed by atoms with E-state index in [9.17, 15) is 0 Å². The van der Waals surface area contributed by atoms with Crippen molar-refractivity contribution in [3.05, 3.63) is 82.9 Å². The van der Waals surface area contributed by atoms with Crippen LogP contribution in [0.4, 0.5) is 26.3 Å². The Labute approximate surface area is 273 Å². The minimum Gasteiger partial charge on any atom is -0.166 e. The topological polar surface area (TPSA) is 0 Å². The maximum atomic E-state index is 15.3. The quantitative estimate of drug-likeness (QED) is 0.0846. The van der Waals surface area contributed by atoms with Crippen molar-refractivity contribution in [1.29, 1.82) is 0 Å². The van der Waals surface area contributed by atoms with Crippen molar-refractivity contribution >= 4 is 0 Å². The molecule has 0 atom stereocenters. The van der Waals surface area contributed by atoms with Gasteiger partial charge in [-0.2, -0.15) is 26.3 Å². The van der Waals surface area contributed by atoms with Crippen LogP contribution in [0.5, 0.6) is 0 Å². The number of alkyl halides is 6. The van der Waals surface area contributed by atoms with Crippen molar-refractivity contribution in [2.75, 3.05) is 0 Å². The van der Waals surface area contributed by atoms with Crippen LogP contribution in [0.25, 0.3) is 22.3 Å². The first-order valence-corrected chi connectivity index (χ1v) is 17.6. The highest BCUT2D eigenvalue weighted by Gasteiger charge is 2.46. The second-order valence-corrected chi connectivity index (χ2v) is 12.6. The van der Waals surface area contributed by atoms with Gasteiger partial charge in [-0.15, -0.1) is 0 Å². The van der Waals surface area contributed by atoms with Gasteiger partial charge in [0, 0.05) is 5.56 Å². The number of hydrogen-bond donors (Lipinski definition) is 0. The molecule has 0 bridgehead atoms. The molecule has 46 heavy (non-hydrogen) atoms. The predicted octanol–water partition coefficient (Wildman–Crippen LogP) is 14.4. The average molecular weight is 647 g/mol. The fourth-order valence-corrected chi connectivity index (χ4v) is 6.70. The van der Waals surface area contributed by atoms with Gasteiger partial charge in [0.05, 0.1) is 11.1 Å². The maximum Gasteiger partial charge on any atom is 0.417 e. The van der Waals surface area contributed by atoms with Crippen LogP contribution in [0.2, 0.25) is 0 Å². The fourth-order valence-electron chi connectivity index (χ4n) is 6.70. The minimum absolute atomic E-state index is 0.00565. The number of unbranched alkanes of at least 4 members (excludes halogenated alkanes) is 14. The van der Waals surface area contributed by atoms with E-state index in [1.165, 1.54) is 6.42 Å². The molecule has 0 heterocycles. The Balaban J connectivity index is 2.17. The molecule has 0 radical (unpaired) electrons. The molecule has 0 aliphatic rings. The second-order valence-electron chi connectivity index (χ2n) is 12.6.